The number of hydrogen-bond acceptors (Lipinski definition) is 3. The first-order valence-electron chi connectivity index (χ1n) is 6.94. The number of amides is 1. The van der Waals surface area contributed by atoms with Gasteiger partial charge in [-0.2, -0.15) is 0 Å². The molecule has 0 aliphatic rings. The minimum atomic E-state index is -0.534. The van der Waals surface area contributed by atoms with E-state index >= 15 is 0 Å². The van der Waals surface area contributed by atoms with Crippen LogP contribution in [0.4, 0.5) is 10.5 Å². The number of carbonyl (C=O) groups excluding carboxylic acids is 1. The lowest BCUT2D eigenvalue weighted by Crippen LogP contribution is -2.13. The van der Waals surface area contributed by atoms with E-state index in [1.54, 1.807) is 6.07 Å². The van der Waals surface area contributed by atoms with Gasteiger partial charge in [0.25, 0.3) is 0 Å². The second-order valence-corrected chi connectivity index (χ2v) is 6.30. The molecule has 0 saturated heterocycles. The van der Waals surface area contributed by atoms with Crippen LogP contribution in [0.15, 0.2) is 34.8 Å². The SMILES string of the molecule is COC(=O)Nc1cccc(Br)c1COc1cc(C)c(C)cc1Cl. The monoisotopic (exact) mass is 397 g/mol. The van der Waals surface area contributed by atoms with Crippen LogP contribution in [0.3, 0.4) is 0 Å². The minimum Gasteiger partial charge on any atom is -0.487 e. The van der Waals surface area contributed by atoms with E-state index in [0.717, 1.165) is 21.2 Å². The highest BCUT2D eigenvalue weighted by molar-refractivity contribution is 9.10. The van der Waals surface area contributed by atoms with Crippen LogP contribution in [0.5, 0.6) is 5.75 Å². The second kappa shape index (κ2) is 7.70. The molecule has 0 fully saturated rings. The molecule has 122 valence electrons. The third-order valence-electron chi connectivity index (χ3n) is 3.46. The average molecular weight is 399 g/mol. The summed E-state index contributed by atoms with van der Waals surface area (Å²) in [6, 6.07) is 9.26. The molecule has 0 aliphatic carbocycles. The number of aryl methyl sites for hydroxylation is 2. The Hall–Kier alpha value is -1.72. The molecule has 1 N–H and O–H groups in total. The lowest BCUT2D eigenvalue weighted by atomic mass is 10.1. The molecule has 0 spiro atoms. The zero-order chi connectivity index (χ0) is 17.0. The Balaban J connectivity index is 2.23. The van der Waals surface area contributed by atoms with Crippen LogP contribution in [0.25, 0.3) is 0 Å². The van der Waals surface area contributed by atoms with Crippen molar-refractivity contribution in [3.63, 3.8) is 0 Å². The van der Waals surface area contributed by atoms with Crippen molar-refractivity contribution in [2.45, 2.75) is 20.5 Å². The van der Waals surface area contributed by atoms with Gasteiger partial charge in [0.05, 0.1) is 17.8 Å². The zero-order valence-corrected chi connectivity index (χ0v) is 15.4. The number of nitrogens with one attached hydrogen (secondary N) is 1. The van der Waals surface area contributed by atoms with Gasteiger partial charge in [-0.3, -0.25) is 5.32 Å². The molecule has 6 heteroatoms. The van der Waals surface area contributed by atoms with Gasteiger partial charge in [-0.25, -0.2) is 4.79 Å². The molecule has 0 aliphatic heterocycles. The van der Waals surface area contributed by atoms with Crippen LogP contribution in [-0.2, 0) is 11.3 Å². The highest BCUT2D eigenvalue weighted by Crippen LogP contribution is 2.31. The maximum absolute atomic E-state index is 11.4. The Kier molecular flexibility index (Phi) is 5.91. The van der Waals surface area contributed by atoms with Crippen molar-refractivity contribution in [2.75, 3.05) is 12.4 Å². The van der Waals surface area contributed by atoms with Crippen LogP contribution in [0, 0.1) is 13.8 Å². The van der Waals surface area contributed by atoms with E-state index in [1.807, 2.05) is 38.1 Å². The molecule has 0 saturated carbocycles. The number of benzene rings is 2. The quantitative estimate of drug-likeness (QED) is 0.742. The molecule has 2 rings (SSSR count). The fourth-order valence-electron chi connectivity index (χ4n) is 2.00. The van der Waals surface area contributed by atoms with Gasteiger partial charge in [-0.15, -0.1) is 0 Å². The van der Waals surface area contributed by atoms with Crippen LogP contribution >= 0.6 is 27.5 Å². The first-order chi connectivity index (χ1) is 10.9. The Morgan fingerprint density at radius 1 is 1.26 bits per heavy atom. The lowest BCUT2D eigenvalue weighted by molar-refractivity contribution is 0.187. The van der Waals surface area contributed by atoms with Crippen molar-refractivity contribution in [3.8, 4) is 5.75 Å². The third kappa shape index (κ3) is 4.39. The number of hydrogen-bond donors (Lipinski definition) is 1. The number of carbonyl (C=O) groups is 1. The molecule has 0 aromatic heterocycles. The maximum Gasteiger partial charge on any atom is 0.411 e. The van der Waals surface area contributed by atoms with Crippen LogP contribution < -0.4 is 10.1 Å². The molecule has 0 radical (unpaired) electrons. The predicted octanol–water partition coefficient (Wildman–Crippen LogP) is 5.48. The van der Waals surface area contributed by atoms with Crippen molar-refractivity contribution in [1.82, 2.24) is 0 Å². The van der Waals surface area contributed by atoms with Gasteiger partial charge in [-0.1, -0.05) is 33.6 Å². The summed E-state index contributed by atoms with van der Waals surface area (Å²) in [5.41, 5.74) is 3.62. The number of halogens is 2. The average Bonchev–Trinajstić information content (AvgIpc) is 2.51. The molecular weight excluding hydrogens is 382 g/mol. The van der Waals surface area contributed by atoms with Gasteiger partial charge in [0, 0.05) is 10.0 Å². The van der Waals surface area contributed by atoms with E-state index in [1.165, 1.54) is 7.11 Å². The molecule has 0 heterocycles. The molecular formula is C17H17BrClNO3. The molecule has 0 unspecified atom stereocenters. The summed E-state index contributed by atoms with van der Waals surface area (Å²) >= 11 is 9.70. The zero-order valence-electron chi connectivity index (χ0n) is 13.1. The normalized spacial score (nSPS) is 10.3. The smallest absolute Gasteiger partial charge is 0.411 e. The molecule has 2 aromatic carbocycles. The van der Waals surface area contributed by atoms with Crippen molar-refractivity contribution in [1.29, 1.82) is 0 Å². The first kappa shape index (κ1) is 17.6. The highest BCUT2D eigenvalue weighted by Gasteiger charge is 2.12. The fraction of sp³-hybridized carbons (Fsp3) is 0.235. The van der Waals surface area contributed by atoms with Crippen molar-refractivity contribution in [2.24, 2.45) is 0 Å². The Labute approximate surface area is 148 Å². The van der Waals surface area contributed by atoms with Crippen molar-refractivity contribution in [3.05, 3.63) is 56.5 Å². The molecule has 23 heavy (non-hydrogen) atoms. The summed E-state index contributed by atoms with van der Waals surface area (Å²) in [4.78, 5) is 11.4. The van der Waals surface area contributed by atoms with E-state index in [-0.39, 0.29) is 6.61 Å². The Morgan fingerprint density at radius 3 is 2.65 bits per heavy atom. The molecule has 4 nitrogen and oxygen atoms in total. The van der Waals surface area contributed by atoms with Gasteiger partial charge >= 0.3 is 6.09 Å². The third-order valence-corrected chi connectivity index (χ3v) is 4.50. The van der Waals surface area contributed by atoms with Gasteiger partial charge in [0.15, 0.2) is 0 Å². The molecule has 2 aromatic rings. The fourth-order valence-corrected chi connectivity index (χ4v) is 2.75. The number of anilines is 1. The maximum atomic E-state index is 11.4. The summed E-state index contributed by atoms with van der Waals surface area (Å²) in [6.07, 6.45) is -0.534. The summed E-state index contributed by atoms with van der Waals surface area (Å²) < 4.78 is 11.3. The van der Waals surface area contributed by atoms with Gasteiger partial charge in [-0.05, 0) is 49.2 Å². The van der Waals surface area contributed by atoms with Gasteiger partial charge in [0.2, 0.25) is 0 Å². The van der Waals surface area contributed by atoms with E-state index in [2.05, 4.69) is 26.0 Å². The van der Waals surface area contributed by atoms with Crippen molar-refractivity contribution < 1.29 is 14.3 Å². The minimum absolute atomic E-state index is 0.253. The summed E-state index contributed by atoms with van der Waals surface area (Å²) in [7, 11) is 1.32. The van der Waals surface area contributed by atoms with E-state index in [9.17, 15) is 4.79 Å². The molecule has 0 atom stereocenters. The molecule has 0 bridgehead atoms. The van der Waals surface area contributed by atoms with E-state index in [0.29, 0.717) is 16.5 Å². The highest BCUT2D eigenvalue weighted by atomic mass is 79.9. The summed E-state index contributed by atoms with van der Waals surface area (Å²) in [6.45, 7) is 4.25. The standard InChI is InChI=1S/C17H17BrClNO3/c1-10-7-14(19)16(8-11(10)2)23-9-12-13(18)5-4-6-15(12)20-17(21)22-3/h4-8H,9H2,1-3H3,(H,20,21). The second-order valence-electron chi connectivity index (χ2n) is 5.04. The van der Waals surface area contributed by atoms with E-state index < -0.39 is 6.09 Å². The predicted molar refractivity (Wildman–Crippen MR) is 95.4 cm³/mol. The number of ether oxygens (including phenoxy) is 2. The van der Waals surface area contributed by atoms with Gasteiger partial charge in [0.1, 0.15) is 12.4 Å². The van der Waals surface area contributed by atoms with Crippen molar-refractivity contribution >= 4 is 39.3 Å². The lowest BCUT2D eigenvalue weighted by Gasteiger charge is -2.15. The van der Waals surface area contributed by atoms with E-state index in [4.69, 9.17) is 16.3 Å². The topological polar surface area (TPSA) is 47.6 Å². The van der Waals surface area contributed by atoms with Crippen LogP contribution in [0.1, 0.15) is 16.7 Å². The summed E-state index contributed by atoms with van der Waals surface area (Å²) in [5, 5.41) is 3.23. The Bertz CT molecular complexity index is 734. The van der Waals surface area contributed by atoms with Crippen LogP contribution in [-0.4, -0.2) is 13.2 Å². The molecule has 1 amide bonds. The number of rotatable bonds is 4. The van der Waals surface area contributed by atoms with Gasteiger partial charge < -0.3 is 9.47 Å². The largest absolute Gasteiger partial charge is 0.487 e. The first-order valence-corrected chi connectivity index (χ1v) is 8.11. The number of methoxy groups -OCH3 is 1. The van der Waals surface area contributed by atoms with Crippen LogP contribution in [0.2, 0.25) is 5.02 Å². The summed E-state index contributed by atoms with van der Waals surface area (Å²) in [5.74, 6) is 0.606. The Morgan fingerprint density at radius 2 is 1.96 bits per heavy atom.